The van der Waals surface area contributed by atoms with E-state index in [1.54, 1.807) is 30.3 Å². The first-order valence-corrected chi connectivity index (χ1v) is 7.42. The number of halogens is 2. The number of hydrogen-bond donors (Lipinski definition) is 0. The second kappa shape index (κ2) is 6.74. The number of rotatable bonds is 4. The molecule has 1 aliphatic rings. The summed E-state index contributed by atoms with van der Waals surface area (Å²) in [5.74, 6) is -0.634. The van der Waals surface area contributed by atoms with Crippen LogP contribution in [-0.2, 0) is 20.8 Å². The number of ether oxygens (including phenoxy) is 3. The van der Waals surface area contributed by atoms with Gasteiger partial charge in [0.05, 0.1) is 19.8 Å². The van der Waals surface area contributed by atoms with Crippen molar-refractivity contribution in [3.63, 3.8) is 0 Å². The molecule has 0 bridgehead atoms. The molecule has 122 valence electrons. The summed E-state index contributed by atoms with van der Waals surface area (Å²) >= 11 is 0. The Morgan fingerprint density at radius 2 is 1.83 bits per heavy atom. The first kappa shape index (κ1) is 16.1. The Balaban J connectivity index is 1.58. The van der Waals surface area contributed by atoms with Gasteiger partial charge >= 0.3 is 0 Å². The van der Waals surface area contributed by atoms with Gasteiger partial charge in [-0.15, -0.1) is 0 Å². The van der Waals surface area contributed by atoms with E-state index in [4.69, 9.17) is 14.2 Å². The van der Waals surface area contributed by atoms with Crippen molar-refractivity contribution in [1.82, 2.24) is 0 Å². The van der Waals surface area contributed by atoms with Crippen molar-refractivity contribution in [2.45, 2.75) is 25.4 Å². The summed E-state index contributed by atoms with van der Waals surface area (Å²) in [4.78, 5) is 0. The predicted octanol–water partition coefficient (Wildman–Crippen LogP) is 3.99. The summed E-state index contributed by atoms with van der Waals surface area (Å²) < 4.78 is 43.9. The minimum atomic E-state index is -0.674. The zero-order valence-corrected chi connectivity index (χ0v) is 12.8. The molecule has 0 spiro atoms. The average molecular weight is 320 g/mol. The fourth-order valence-corrected chi connectivity index (χ4v) is 2.39. The van der Waals surface area contributed by atoms with E-state index in [1.165, 1.54) is 18.2 Å². The van der Waals surface area contributed by atoms with Gasteiger partial charge in [-0.05, 0) is 25.1 Å². The Morgan fingerprint density at radius 1 is 1.09 bits per heavy atom. The van der Waals surface area contributed by atoms with Crippen molar-refractivity contribution >= 4 is 0 Å². The molecule has 0 aliphatic carbocycles. The summed E-state index contributed by atoms with van der Waals surface area (Å²) in [5.41, 5.74) is 0.439. The van der Waals surface area contributed by atoms with Gasteiger partial charge in [0.15, 0.2) is 6.29 Å². The summed E-state index contributed by atoms with van der Waals surface area (Å²) in [6.07, 6.45) is -0.615. The smallest absolute Gasteiger partial charge is 0.184 e. The SMILES string of the molecule is CC1(OCc2ccccc2F)COC(c2cccc(F)c2)OC1. The Bertz CT molecular complexity index is 667. The quantitative estimate of drug-likeness (QED) is 0.852. The van der Waals surface area contributed by atoms with Crippen LogP contribution in [0.1, 0.15) is 24.3 Å². The van der Waals surface area contributed by atoms with Gasteiger partial charge in [0.25, 0.3) is 0 Å². The third-order valence-electron chi connectivity index (χ3n) is 3.73. The lowest BCUT2D eigenvalue weighted by atomic mass is 10.1. The largest absolute Gasteiger partial charge is 0.366 e. The van der Waals surface area contributed by atoms with Crippen molar-refractivity contribution < 1.29 is 23.0 Å². The fraction of sp³-hybridized carbons (Fsp3) is 0.333. The Morgan fingerprint density at radius 3 is 2.52 bits per heavy atom. The lowest BCUT2D eigenvalue weighted by Gasteiger charge is -2.37. The maximum atomic E-state index is 13.6. The fourth-order valence-electron chi connectivity index (χ4n) is 2.39. The Hall–Kier alpha value is -1.82. The molecule has 1 fully saturated rings. The molecule has 0 atom stereocenters. The van der Waals surface area contributed by atoms with Crippen LogP contribution in [0.3, 0.4) is 0 Å². The van der Waals surface area contributed by atoms with E-state index in [9.17, 15) is 8.78 Å². The first-order valence-electron chi connectivity index (χ1n) is 7.42. The van der Waals surface area contributed by atoms with E-state index >= 15 is 0 Å². The highest BCUT2D eigenvalue weighted by Crippen LogP contribution is 2.29. The molecule has 0 saturated carbocycles. The minimum absolute atomic E-state index is 0.139. The highest BCUT2D eigenvalue weighted by atomic mass is 19.1. The molecule has 1 saturated heterocycles. The van der Waals surface area contributed by atoms with Crippen LogP contribution in [0.4, 0.5) is 8.78 Å². The lowest BCUT2D eigenvalue weighted by molar-refractivity contribution is -0.267. The molecule has 0 aromatic heterocycles. The van der Waals surface area contributed by atoms with Crippen molar-refractivity contribution in [2.24, 2.45) is 0 Å². The van der Waals surface area contributed by atoms with Crippen LogP contribution in [0.5, 0.6) is 0 Å². The average Bonchev–Trinajstić information content (AvgIpc) is 2.55. The Labute approximate surface area is 133 Å². The van der Waals surface area contributed by atoms with E-state index in [1.807, 2.05) is 6.92 Å². The van der Waals surface area contributed by atoms with Gasteiger partial charge < -0.3 is 14.2 Å². The molecule has 3 rings (SSSR count). The maximum absolute atomic E-state index is 13.6. The van der Waals surface area contributed by atoms with Crippen LogP contribution >= 0.6 is 0 Å². The van der Waals surface area contributed by atoms with Gasteiger partial charge in [-0.3, -0.25) is 0 Å². The van der Waals surface area contributed by atoms with E-state index in [0.29, 0.717) is 11.1 Å². The second-order valence-corrected chi connectivity index (χ2v) is 5.84. The molecule has 2 aromatic rings. The van der Waals surface area contributed by atoms with Gasteiger partial charge in [-0.1, -0.05) is 30.3 Å². The van der Waals surface area contributed by atoms with Crippen LogP contribution in [0.15, 0.2) is 48.5 Å². The number of hydrogen-bond acceptors (Lipinski definition) is 3. The van der Waals surface area contributed by atoms with Crippen LogP contribution in [0.2, 0.25) is 0 Å². The summed E-state index contributed by atoms with van der Waals surface area (Å²) in [6.45, 7) is 2.54. The highest BCUT2D eigenvalue weighted by Gasteiger charge is 2.34. The van der Waals surface area contributed by atoms with Crippen molar-refractivity contribution in [3.8, 4) is 0 Å². The van der Waals surface area contributed by atoms with E-state index in [0.717, 1.165) is 0 Å². The van der Waals surface area contributed by atoms with Gasteiger partial charge in [-0.2, -0.15) is 0 Å². The molecule has 2 aromatic carbocycles. The molecular formula is C18H18F2O3. The molecular weight excluding hydrogens is 302 g/mol. The van der Waals surface area contributed by atoms with E-state index < -0.39 is 11.9 Å². The molecule has 3 nitrogen and oxygen atoms in total. The zero-order chi connectivity index (χ0) is 16.3. The number of benzene rings is 2. The topological polar surface area (TPSA) is 27.7 Å². The van der Waals surface area contributed by atoms with Crippen LogP contribution in [-0.4, -0.2) is 18.8 Å². The van der Waals surface area contributed by atoms with Crippen molar-refractivity contribution in [2.75, 3.05) is 13.2 Å². The van der Waals surface area contributed by atoms with Gasteiger partial charge in [0.1, 0.15) is 17.2 Å². The lowest BCUT2D eigenvalue weighted by Crippen LogP contribution is -2.44. The first-order chi connectivity index (χ1) is 11.1. The third-order valence-corrected chi connectivity index (χ3v) is 3.73. The molecule has 0 unspecified atom stereocenters. The second-order valence-electron chi connectivity index (χ2n) is 5.84. The Kier molecular flexibility index (Phi) is 4.71. The van der Waals surface area contributed by atoms with Crippen LogP contribution in [0, 0.1) is 11.6 Å². The van der Waals surface area contributed by atoms with Crippen LogP contribution in [0.25, 0.3) is 0 Å². The van der Waals surface area contributed by atoms with Gasteiger partial charge in [0, 0.05) is 11.1 Å². The van der Waals surface area contributed by atoms with E-state index in [2.05, 4.69) is 0 Å². The van der Waals surface area contributed by atoms with Gasteiger partial charge in [-0.25, -0.2) is 8.78 Å². The van der Waals surface area contributed by atoms with Crippen LogP contribution < -0.4 is 0 Å². The van der Waals surface area contributed by atoms with Crippen molar-refractivity contribution in [3.05, 3.63) is 71.3 Å². The van der Waals surface area contributed by atoms with E-state index in [-0.39, 0.29) is 31.5 Å². The normalized spacial score (nSPS) is 24.6. The summed E-state index contributed by atoms with van der Waals surface area (Å²) in [5, 5.41) is 0. The molecule has 0 amide bonds. The zero-order valence-electron chi connectivity index (χ0n) is 12.8. The predicted molar refractivity (Wildman–Crippen MR) is 80.6 cm³/mol. The molecule has 1 aliphatic heterocycles. The molecule has 5 heteroatoms. The monoisotopic (exact) mass is 320 g/mol. The molecule has 0 N–H and O–H groups in total. The molecule has 23 heavy (non-hydrogen) atoms. The van der Waals surface area contributed by atoms with Gasteiger partial charge in [0.2, 0.25) is 0 Å². The molecule has 1 heterocycles. The molecule has 0 radical (unpaired) electrons. The minimum Gasteiger partial charge on any atom is -0.366 e. The van der Waals surface area contributed by atoms with Crippen molar-refractivity contribution in [1.29, 1.82) is 0 Å². The highest BCUT2D eigenvalue weighted by molar-refractivity contribution is 5.18. The summed E-state index contributed by atoms with van der Waals surface area (Å²) in [6, 6.07) is 12.6. The standard InChI is InChI=1S/C18H18F2O3/c1-18(23-10-14-5-2-3-8-16(14)20)11-21-17(22-12-18)13-6-4-7-15(19)9-13/h2-9,17H,10-12H2,1H3. The maximum Gasteiger partial charge on any atom is 0.184 e. The third kappa shape index (κ3) is 3.93. The summed E-state index contributed by atoms with van der Waals surface area (Å²) in [7, 11) is 0.